The number of ether oxygens (including phenoxy) is 1. The SMILES string of the molecule is CCNC(=O)COc1cccc(CN=C(N)NC(C)C)c1.I. The van der Waals surface area contributed by atoms with Crippen LogP contribution in [0.3, 0.4) is 0 Å². The second-order valence-corrected chi connectivity index (χ2v) is 4.89. The molecule has 0 aliphatic carbocycles. The first kappa shape index (κ1) is 20.5. The largest absolute Gasteiger partial charge is 0.484 e. The third kappa shape index (κ3) is 8.71. The maximum Gasteiger partial charge on any atom is 0.257 e. The van der Waals surface area contributed by atoms with Crippen LogP contribution in [0, 0.1) is 0 Å². The summed E-state index contributed by atoms with van der Waals surface area (Å²) in [5.74, 6) is 0.925. The summed E-state index contributed by atoms with van der Waals surface area (Å²) in [6.45, 7) is 6.93. The zero-order valence-corrected chi connectivity index (χ0v) is 15.6. The number of hydrogen-bond donors (Lipinski definition) is 3. The van der Waals surface area contributed by atoms with E-state index >= 15 is 0 Å². The van der Waals surface area contributed by atoms with Gasteiger partial charge in [-0.25, -0.2) is 4.99 Å². The Hall–Kier alpha value is -1.51. The van der Waals surface area contributed by atoms with Gasteiger partial charge >= 0.3 is 0 Å². The number of rotatable bonds is 7. The lowest BCUT2D eigenvalue weighted by atomic mass is 10.2. The second kappa shape index (κ2) is 11.1. The molecule has 0 fully saturated rings. The van der Waals surface area contributed by atoms with Crippen molar-refractivity contribution in [2.24, 2.45) is 10.7 Å². The first-order chi connectivity index (χ1) is 10.0. The number of benzene rings is 1. The van der Waals surface area contributed by atoms with Crippen molar-refractivity contribution in [3.63, 3.8) is 0 Å². The van der Waals surface area contributed by atoms with E-state index in [0.29, 0.717) is 24.8 Å². The van der Waals surface area contributed by atoms with E-state index < -0.39 is 0 Å². The highest BCUT2D eigenvalue weighted by molar-refractivity contribution is 14.0. The Kier molecular flexibility index (Phi) is 10.3. The van der Waals surface area contributed by atoms with Gasteiger partial charge in [0, 0.05) is 12.6 Å². The van der Waals surface area contributed by atoms with Crippen molar-refractivity contribution >= 4 is 35.8 Å². The summed E-state index contributed by atoms with van der Waals surface area (Å²) in [4.78, 5) is 15.6. The quantitative estimate of drug-likeness (QED) is 0.356. The predicted molar refractivity (Wildman–Crippen MR) is 99.6 cm³/mol. The molecule has 7 heteroatoms. The van der Waals surface area contributed by atoms with Crippen LogP contribution in [-0.2, 0) is 11.3 Å². The number of halogens is 1. The number of carbonyl (C=O) groups is 1. The Labute approximate surface area is 148 Å². The van der Waals surface area contributed by atoms with Crippen LogP contribution in [0.4, 0.5) is 0 Å². The molecule has 0 bridgehead atoms. The van der Waals surface area contributed by atoms with Crippen molar-refractivity contribution in [3.05, 3.63) is 29.8 Å². The smallest absolute Gasteiger partial charge is 0.257 e. The van der Waals surface area contributed by atoms with Crippen LogP contribution in [0.5, 0.6) is 5.75 Å². The standard InChI is InChI=1S/C15H24N4O2.HI/c1-4-17-14(20)10-21-13-7-5-6-12(8-13)9-18-15(16)19-11(2)3;/h5-8,11H,4,9-10H2,1-3H3,(H,17,20)(H3,16,18,19);1H. The highest BCUT2D eigenvalue weighted by Gasteiger charge is 2.02. The van der Waals surface area contributed by atoms with Crippen LogP contribution in [0.2, 0.25) is 0 Å². The minimum atomic E-state index is -0.133. The van der Waals surface area contributed by atoms with Crippen LogP contribution in [-0.4, -0.2) is 31.1 Å². The van der Waals surface area contributed by atoms with Gasteiger partial charge in [-0.15, -0.1) is 24.0 Å². The van der Waals surface area contributed by atoms with Gasteiger partial charge in [0.05, 0.1) is 6.54 Å². The number of nitrogens with zero attached hydrogens (tertiary/aromatic N) is 1. The molecule has 0 saturated heterocycles. The number of likely N-dealkylation sites (N-methyl/N-ethyl adjacent to an activating group) is 1. The third-order valence-electron chi connectivity index (χ3n) is 2.51. The highest BCUT2D eigenvalue weighted by Crippen LogP contribution is 2.13. The van der Waals surface area contributed by atoms with Crippen molar-refractivity contribution < 1.29 is 9.53 Å². The van der Waals surface area contributed by atoms with E-state index in [9.17, 15) is 4.79 Å². The summed E-state index contributed by atoms with van der Waals surface area (Å²) >= 11 is 0. The van der Waals surface area contributed by atoms with Gasteiger partial charge in [-0.2, -0.15) is 0 Å². The molecule has 0 aromatic heterocycles. The summed E-state index contributed by atoms with van der Waals surface area (Å²) in [5.41, 5.74) is 6.72. The number of hydrogen-bond acceptors (Lipinski definition) is 3. The normalized spacial score (nSPS) is 10.8. The summed E-state index contributed by atoms with van der Waals surface area (Å²) < 4.78 is 5.42. The Morgan fingerprint density at radius 2 is 2.14 bits per heavy atom. The van der Waals surface area contributed by atoms with Crippen LogP contribution < -0.4 is 21.1 Å². The van der Waals surface area contributed by atoms with Crippen molar-refractivity contribution in [2.45, 2.75) is 33.4 Å². The van der Waals surface area contributed by atoms with E-state index in [1.165, 1.54) is 0 Å². The molecule has 1 amide bonds. The zero-order chi connectivity index (χ0) is 15.7. The fourth-order valence-electron chi connectivity index (χ4n) is 1.65. The number of nitrogens with two attached hydrogens (primary N) is 1. The molecule has 1 aromatic carbocycles. The van der Waals surface area contributed by atoms with Gasteiger partial charge in [-0.05, 0) is 38.5 Å². The minimum absolute atomic E-state index is 0. The van der Waals surface area contributed by atoms with Crippen LogP contribution in [0.1, 0.15) is 26.3 Å². The zero-order valence-electron chi connectivity index (χ0n) is 13.3. The molecule has 0 aliphatic heterocycles. The van der Waals surface area contributed by atoms with Crippen LogP contribution >= 0.6 is 24.0 Å². The summed E-state index contributed by atoms with van der Waals surface area (Å²) in [6.07, 6.45) is 0. The molecule has 0 heterocycles. The lowest BCUT2D eigenvalue weighted by molar-refractivity contribution is -0.122. The van der Waals surface area contributed by atoms with Gasteiger partial charge in [0.2, 0.25) is 0 Å². The van der Waals surface area contributed by atoms with Crippen molar-refractivity contribution in [1.82, 2.24) is 10.6 Å². The molecule has 4 N–H and O–H groups in total. The molecular weight excluding hydrogens is 395 g/mol. The molecule has 1 rings (SSSR count). The topological polar surface area (TPSA) is 88.7 Å². The van der Waals surface area contributed by atoms with Crippen LogP contribution in [0.25, 0.3) is 0 Å². The van der Waals surface area contributed by atoms with Crippen LogP contribution in [0.15, 0.2) is 29.3 Å². The summed E-state index contributed by atoms with van der Waals surface area (Å²) in [7, 11) is 0. The van der Waals surface area contributed by atoms with Gasteiger partial charge in [0.1, 0.15) is 5.75 Å². The predicted octanol–water partition coefficient (Wildman–Crippen LogP) is 1.63. The molecule has 6 nitrogen and oxygen atoms in total. The monoisotopic (exact) mass is 420 g/mol. The van der Waals surface area contributed by atoms with Crippen molar-refractivity contribution in [1.29, 1.82) is 0 Å². The molecule has 0 saturated carbocycles. The number of nitrogens with one attached hydrogen (secondary N) is 2. The minimum Gasteiger partial charge on any atom is -0.484 e. The number of aliphatic imine (C=N–C) groups is 1. The van der Waals surface area contributed by atoms with E-state index in [1.54, 1.807) is 0 Å². The fourth-order valence-corrected chi connectivity index (χ4v) is 1.65. The Bertz CT molecular complexity index is 492. The molecule has 0 aliphatic rings. The van der Waals surface area contributed by atoms with E-state index in [0.717, 1.165) is 5.56 Å². The molecule has 22 heavy (non-hydrogen) atoms. The Morgan fingerprint density at radius 3 is 2.77 bits per heavy atom. The maximum atomic E-state index is 11.3. The summed E-state index contributed by atoms with van der Waals surface area (Å²) in [5, 5.41) is 5.70. The first-order valence-corrected chi connectivity index (χ1v) is 7.06. The Balaban J connectivity index is 0.00000441. The van der Waals surface area contributed by atoms with E-state index in [4.69, 9.17) is 10.5 Å². The Morgan fingerprint density at radius 1 is 1.41 bits per heavy atom. The maximum absolute atomic E-state index is 11.3. The molecule has 0 atom stereocenters. The van der Waals surface area contributed by atoms with Gasteiger partial charge in [0.25, 0.3) is 5.91 Å². The molecule has 0 unspecified atom stereocenters. The molecule has 124 valence electrons. The lowest BCUT2D eigenvalue weighted by Crippen LogP contribution is -2.36. The third-order valence-corrected chi connectivity index (χ3v) is 2.51. The van der Waals surface area contributed by atoms with E-state index in [-0.39, 0.29) is 42.5 Å². The highest BCUT2D eigenvalue weighted by atomic mass is 127. The van der Waals surface area contributed by atoms with E-state index in [2.05, 4.69) is 15.6 Å². The number of amides is 1. The lowest BCUT2D eigenvalue weighted by Gasteiger charge is -2.09. The average molecular weight is 420 g/mol. The van der Waals surface area contributed by atoms with Gasteiger partial charge < -0.3 is 21.1 Å². The second-order valence-electron chi connectivity index (χ2n) is 4.89. The van der Waals surface area contributed by atoms with E-state index in [1.807, 2.05) is 45.0 Å². The van der Waals surface area contributed by atoms with Gasteiger partial charge in [-0.1, -0.05) is 12.1 Å². The van der Waals surface area contributed by atoms with Crippen molar-refractivity contribution in [2.75, 3.05) is 13.2 Å². The molecular formula is C15H25IN4O2. The molecule has 0 radical (unpaired) electrons. The first-order valence-electron chi connectivity index (χ1n) is 7.06. The molecule has 0 spiro atoms. The van der Waals surface area contributed by atoms with Gasteiger partial charge in [0.15, 0.2) is 12.6 Å². The molecule has 1 aromatic rings. The number of carbonyl (C=O) groups excluding carboxylic acids is 1. The van der Waals surface area contributed by atoms with Crippen molar-refractivity contribution in [3.8, 4) is 5.75 Å². The summed E-state index contributed by atoms with van der Waals surface area (Å²) in [6, 6.07) is 7.71. The van der Waals surface area contributed by atoms with Gasteiger partial charge in [-0.3, -0.25) is 4.79 Å². The number of guanidine groups is 1. The fraction of sp³-hybridized carbons (Fsp3) is 0.467. The average Bonchev–Trinajstić information content (AvgIpc) is 2.43.